The largest absolute Gasteiger partial charge is 0.0964 e. The highest BCUT2D eigenvalue weighted by atomic mass is 32.7. The van der Waals surface area contributed by atoms with Crippen LogP contribution in [0.4, 0.5) is 0 Å². The second-order valence-electron chi connectivity index (χ2n) is 4.79. The van der Waals surface area contributed by atoms with E-state index in [0.717, 1.165) is 7.78 Å². The predicted octanol–water partition coefficient (Wildman–Crippen LogP) is 5.35. The Kier molecular flexibility index (Phi) is 3.10. The topological polar surface area (TPSA) is 0 Å². The fourth-order valence-electron chi connectivity index (χ4n) is 2.65. The summed E-state index contributed by atoms with van der Waals surface area (Å²) in [5, 5.41) is 1.47. The van der Waals surface area contributed by atoms with E-state index in [-0.39, 0.29) is 0 Å². The Labute approximate surface area is 124 Å². The van der Waals surface area contributed by atoms with E-state index in [1.165, 1.54) is 32.5 Å². The highest BCUT2D eigenvalue weighted by Crippen LogP contribution is 2.50. The van der Waals surface area contributed by atoms with Gasteiger partial charge in [-0.3, -0.25) is 0 Å². The van der Waals surface area contributed by atoms with Crippen LogP contribution in [0.15, 0.2) is 77.7 Å². The van der Waals surface area contributed by atoms with E-state index >= 15 is 0 Å². The zero-order chi connectivity index (χ0) is 13.4. The molecular formula is C18H13PS. The van der Waals surface area contributed by atoms with Crippen molar-refractivity contribution in [2.45, 2.75) is 4.90 Å². The van der Waals surface area contributed by atoms with Crippen LogP contribution >= 0.6 is 19.2 Å². The number of fused-ring (bicyclic) bond motifs is 3. The molecule has 0 N–H and O–H groups in total. The van der Waals surface area contributed by atoms with Gasteiger partial charge in [-0.15, -0.1) is 0 Å². The van der Waals surface area contributed by atoms with E-state index in [9.17, 15) is 0 Å². The molecule has 3 aromatic rings. The van der Waals surface area contributed by atoms with Crippen LogP contribution in [0.2, 0.25) is 0 Å². The van der Waals surface area contributed by atoms with Crippen LogP contribution in [-0.4, -0.2) is 0 Å². The van der Waals surface area contributed by atoms with E-state index in [4.69, 9.17) is 0 Å². The molecule has 0 saturated heterocycles. The summed E-state index contributed by atoms with van der Waals surface area (Å²) < 4.78 is 0. The molecule has 0 nitrogen and oxygen atoms in total. The molecule has 0 spiro atoms. The first-order chi connectivity index (χ1) is 9.93. The Morgan fingerprint density at radius 2 is 1.40 bits per heavy atom. The molecule has 1 aliphatic heterocycles. The van der Waals surface area contributed by atoms with Crippen molar-refractivity contribution in [2.75, 3.05) is 0 Å². The molecule has 0 aliphatic carbocycles. The third-order valence-electron chi connectivity index (χ3n) is 3.58. The minimum atomic E-state index is 0.810. The standard InChI is InChI=1S/C18H13PS/c1-2-7-13(8-3-1)14-10-6-12-17-18(14)15-9-4-5-11-16(15)19-20-17/h1-12,19H. The lowest BCUT2D eigenvalue weighted by molar-refractivity contribution is 1.45. The molecule has 0 amide bonds. The molecule has 20 heavy (non-hydrogen) atoms. The van der Waals surface area contributed by atoms with Crippen LogP contribution in [0.3, 0.4) is 0 Å². The summed E-state index contributed by atoms with van der Waals surface area (Å²) in [5.74, 6) is 0. The Morgan fingerprint density at radius 1 is 0.650 bits per heavy atom. The number of hydrogen-bond acceptors (Lipinski definition) is 1. The molecule has 0 bridgehead atoms. The lowest BCUT2D eigenvalue weighted by Gasteiger charge is -2.22. The van der Waals surface area contributed by atoms with Gasteiger partial charge in [0.1, 0.15) is 0 Å². The summed E-state index contributed by atoms with van der Waals surface area (Å²) >= 11 is 1.97. The van der Waals surface area contributed by atoms with Gasteiger partial charge in [-0.05, 0) is 35.8 Å². The maximum Gasteiger partial charge on any atom is 0.0201 e. The first kappa shape index (κ1) is 12.2. The molecule has 3 aromatic carbocycles. The highest BCUT2D eigenvalue weighted by Gasteiger charge is 2.19. The van der Waals surface area contributed by atoms with Gasteiger partial charge in [-0.1, -0.05) is 78.1 Å². The normalized spacial score (nSPS) is 13.8. The van der Waals surface area contributed by atoms with Crippen LogP contribution in [-0.2, 0) is 0 Å². The lowest BCUT2D eigenvalue weighted by atomic mass is 9.94. The van der Waals surface area contributed by atoms with Crippen molar-refractivity contribution in [3.8, 4) is 22.3 Å². The van der Waals surface area contributed by atoms with Crippen molar-refractivity contribution in [3.05, 3.63) is 72.8 Å². The van der Waals surface area contributed by atoms with E-state index in [2.05, 4.69) is 72.8 Å². The van der Waals surface area contributed by atoms with Crippen molar-refractivity contribution >= 4 is 24.5 Å². The van der Waals surface area contributed by atoms with Crippen molar-refractivity contribution in [1.29, 1.82) is 0 Å². The van der Waals surface area contributed by atoms with E-state index in [0.29, 0.717) is 0 Å². The molecule has 2 heteroatoms. The van der Waals surface area contributed by atoms with Crippen LogP contribution in [0.5, 0.6) is 0 Å². The number of benzene rings is 3. The Hall–Kier alpha value is -1.56. The quantitative estimate of drug-likeness (QED) is 0.545. The van der Waals surface area contributed by atoms with Gasteiger partial charge in [0.25, 0.3) is 0 Å². The predicted molar refractivity (Wildman–Crippen MR) is 91.1 cm³/mol. The molecule has 96 valence electrons. The van der Waals surface area contributed by atoms with Gasteiger partial charge in [0.05, 0.1) is 0 Å². The average molecular weight is 292 g/mol. The minimum absolute atomic E-state index is 0.810. The molecule has 1 aliphatic rings. The van der Waals surface area contributed by atoms with Crippen molar-refractivity contribution < 1.29 is 0 Å². The first-order valence-corrected chi connectivity index (χ1v) is 9.18. The van der Waals surface area contributed by atoms with Gasteiger partial charge in [-0.25, -0.2) is 0 Å². The van der Waals surface area contributed by atoms with E-state index in [1.54, 1.807) is 0 Å². The van der Waals surface area contributed by atoms with Gasteiger partial charge in [0, 0.05) is 10.5 Å². The third kappa shape index (κ3) is 1.98. The summed E-state index contributed by atoms with van der Waals surface area (Å²) in [7, 11) is 0.810. The number of hydrogen-bond donors (Lipinski definition) is 0. The van der Waals surface area contributed by atoms with Crippen molar-refractivity contribution in [2.24, 2.45) is 0 Å². The van der Waals surface area contributed by atoms with Crippen LogP contribution < -0.4 is 5.30 Å². The second kappa shape index (κ2) is 5.09. The summed E-state index contributed by atoms with van der Waals surface area (Å²) in [6.45, 7) is 0. The maximum absolute atomic E-state index is 2.26. The van der Waals surface area contributed by atoms with Crippen molar-refractivity contribution in [1.82, 2.24) is 0 Å². The summed E-state index contributed by atoms with van der Waals surface area (Å²) in [5.41, 5.74) is 5.44. The minimum Gasteiger partial charge on any atom is -0.0964 e. The summed E-state index contributed by atoms with van der Waals surface area (Å²) in [6.07, 6.45) is 0. The smallest absolute Gasteiger partial charge is 0.0201 e. The zero-order valence-corrected chi connectivity index (χ0v) is 12.7. The van der Waals surface area contributed by atoms with E-state index in [1.807, 2.05) is 11.4 Å². The molecule has 0 radical (unpaired) electrons. The number of rotatable bonds is 1. The molecule has 0 saturated carbocycles. The summed E-state index contributed by atoms with van der Waals surface area (Å²) in [4.78, 5) is 1.41. The van der Waals surface area contributed by atoms with Gasteiger partial charge in [0.15, 0.2) is 0 Å². The molecule has 1 atom stereocenters. The lowest BCUT2D eigenvalue weighted by Crippen LogP contribution is -2.03. The summed E-state index contributed by atoms with van der Waals surface area (Å²) in [6, 6.07) is 26.1. The van der Waals surface area contributed by atoms with Crippen LogP contribution in [0.1, 0.15) is 0 Å². The molecule has 1 unspecified atom stereocenters. The maximum atomic E-state index is 2.26. The van der Waals surface area contributed by atoms with Crippen molar-refractivity contribution in [3.63, 3.8) is 0 Å². The van der Waals surface area contributed by atoms with Crippen LogP contribution in [0.25, 0.3) is 22.3 Å². The van der Waals surface area contributed by atoms with Gasteiger partial charge < -0.3 is 0 Å². The van der Waals surface area contributed by atoms with Crippen LogP contribution in [0, 0.1) is 0 Å². The van der Waals surface area contributed by atoms with Gasteiger partial charge >= 0.3 is 0 Å². The first-order valence-electron chi connectivity index (χ1n) is 6.64. The molecule has 4 rings (SSSR count). The van der Waals surface area contributed by atoms with E-state index < -0.39 is 0 Å². The SMILES string of the molecule is c1ccc(-c2cccc3c2-c2ccccc2PS3)cc1. The Balaban J connectivity index is 2.01. The highest BCUT2D eigenvalue weighted by molar-refractivity contribution is 8.51. The second-order valence-corrected chi connectivity index (χ2v) is 7.41. The molecule has 0 fully saturated rings. The average Bonchev–Trinajstić information content (AvgIpc) is 2.55. The Bertz CT molecular complexity index is 765. The Morgan fingerprint density at radius 3 is 2.30 bits per heavy atom. The molecular weight excluding hydrogens is 279 g/mol. The fourth-order valence-corrected chi connectivity index (χ4v) is 5.53. The van der Waals surface area contributed by atoms with Gasteiger partial charge in [0.2, 0.25) is 0 Å². The monoisotopic (exact) mass is 292 g/mol. The molecule has 1 heterocycles. The fraction of sp³-hybridized carbons (Fsp3) is 0. The third-order valence-corrected chi connectivity index (χ3v) is 6.52. The zero-order valence-electron chi connectivity index (χ0n) is 10.8. The van der Waals surface area contributed by atoms with Gasteiger partial charge in [-0.2, -0.15) is 0 Å². The molecule has 0 aromatic heterocycles.